The van der Waals surface area contributed by atoms with Crippen LogP contribution < -0.4 is 14.4 Å². The molecule has 5 aromatic rings. The molecular weight excluding hydrogens is 695 g/mol. The van der Waals surface area contributed by atoms with E-state index >= 15 is 4.39 Å². The maximum atomic E-state index is 15.7. The molecule has 6 rings (SSSR count). The number of nitrogens with one attached hydrogen (secondary N) is 1. The zero-order valence-corrected chi connectivity index (χ0v) is 30.4. The van der Waals surface area contributed by atoms with Gasteiger partial charge in [0.15, 0.2) is 0 Å². The Morgan fingerprint density at radius 3 is 2.53 bits per heavy atom. The molecule has 266 valence electrons. The molecule has 2 aromatic heterocycles. The van der Waals surface area contributed by atoms with Crippen LogP contribution in [0.1, 0.15) is 39.2 Å². The van der Waals surface area contributed by atoms with Crippen LogP contribution in [0.4, 0.5) is 26.5 Å². The molecule has 0 bridgehead atoms. The highest BCUT2D eigenvalue weighted by Gasteiger charge is 2.30. The van der Waals surface area contributed by atoms with E-state index in [1.165, 1.54) is 12.1 Å². The summed E-state index contributed by atoms with van der Waals surface area (Å²) in [5.74, 6) is 0.205. The number of para-hydroxylation sites is 1. The van der Waals surface area contributed by atoms with E-state index in [9.17, 15) is 13.2 Å². The van der Waals surface area contributed by atoms with Gasteiger partial charge in [-0.05, 0) is 88.6 Å². The highest BCUT2D eigenvalue weighted by atomic mass is 35.5. The number of piperidine rings is 1. The number of hydrogen-bond acceptors (Lipinski definition) is 9. The second-order valence-electron chi connectivity index (χ2n) is 13.3. The highest BCUT2D eigenvalue weighted by Crippen LogP contribution is 2.44. The van der Waals surface area contributed by atoms with Gasteiger partial charge >= 0.3 is 6.09 Å². The fourth-order valence-electron chi connectivity index (χ4n) is 5.98. The third-order valence-corrected chi connectivity index (χ3v) is 9.55. The van der Waals surface area contributed by atoms with Crippen molar-refractivity contribution in [3.05, 3.63) is 95.5 Å². The van der Waals surface area contributed by atoms with E-state index in [-0.39, 0.29) is 34.4 Å². The number of aryl methyl sites for hydroxylation is 1. The SMILES string of the molecule is Cc1ccc2c(N(c3ccccc3Cl)S(C)(=O)=O)c(F)ccc2c1Oc1ncccc1-c1ccnc(NC2CCCN(C(=O)OC(C)(C)C)C2)n1. The monoisotopic (exact) mass is 732 g/mol. The molecule has 0 radical (unpaired) electrons. The summed E-state index contributed by atoms with van der Waals surface area (Å²) in [6, 6.07) is 17.7. The smallest absolute Gasteiger partial charge is 0.410 e. The molecule has 1 fully saturated rings. The Morgan fingerprint density at radius 1 is 1.02 bits per heavy atom. The molecule has 0 saturated carbocycles. The second kappa shape index (κ2) is 14.3. The van der Waals surface area contributed by atoms with Crippen molar-refractivity contribution >= 4 is 55.8 Å². The number of fused-ring (bicyclic) bond motifs is 1. The lowest BCUT2D eigenvalue weighted by atomic mass is 10.0. The Bertz CT molecular complexity index is 2210. The third kappa shape index (κ3) is 7.99. The second-order valence-corrected chi connectivity index (χ2v) is 15.6. The molecule has 3 aromatic carbocycles. The number of pyridine rings is 1. The first-order valence-electron chi connectivity index (χ1n) is 16.4. The van der Waals surface area contributed by atoms with Crippen LogP contribution in [0.25, 0.3) is 22.0 Å². The molecule has 3 heterocycles. The molecule has 0 aliphatic carbocycles. The van der Waals surface area contributed by atoms with Crippen molar-refractivity contribution in [2.75, 3.05) is 29.0 Å². The molecule has 1 aliphatic rings. The van der Waals surface area contributed by atoms with Gasteiger partial charge in [0.05, 0.1) is 28.2 Å². The summed E-state index contributed by atoms with van der Waals surface area (Å²) >= 11 is 6.43. The van der Waals surface area contributed by atoms with Crippen LogP contribution >= 0.6 is 11.6 Å². The minimum Gasteiger partial charge on any atom is -0.444 e. The van der Waals surface area contributed by atoms with E-state index in [2.05, 4.69) is 15.3 Å². The van der Waals surface area contributed by atoms with Crippen LogP contribution in [0.3, 0.4) is 0 Å². The zero-order chi connectivity index (χ0) is 36.5. The number of carbonyl (C=O) groups is 1. The van der Waals surface area contributed by atoms with Gasteiger partial charge in [-0.3, -0.25) is 0 Å². The number of amides is 1. The largest absolute Gasteiger partial charge is 0.444 e. The third-order valence-electron chi connectivity index (χ3n) is 8.18. The lowest BCUT2D eigenvalue weighted by molar-refractivity contribution is 0.0206. The first-order chi connectivity index (χ1) is 24.2. The molecule has 51 heavy (non-hydrogen) atoms. The normalized spacial score (nSPS) is 15.0. The number of benzene rings is 3. The van der Waals surface area contributed by atoms with Crippen LogP contribution in [-0.4, -0.2) is 65.4 Å². The molecule has 1 unspecified atom stereocenters. The molecule has 1 saturated heterocycles. The first kappa shape index (κ1) is 35.8. The van der Waals surface area contributed by atoms with E-state index in [0.717, 1.165) is 23.4 Å². The van der Waals surface area contributed by atoms with Crippen LogP contribution in [-0.2, 0) is 14.8 Å². The molecule has 1 aliphatic heterocycles. The summed E-state index contributed by atoms with van der Waals surface area (Å²) in [7, 11) is -4.05. The Hall–Kier alpha value is -5.01. The van der Waals surface area contributed by atoms with E-state index in [1.807, 2.05) is 33.8 Å². The van der Waals surface area contributed by atoms with Crippen LogP contribution in [0.15, 0.2) is 79.1 Å². The quantitative estimate of drug-likeness (QED) is 0.167. The molecule has 14 heteroatoms. The zero-order valence-electron chi connectivity index (χ0n) is 28.9. The maximum absolute atomic E-state index is 15.7. The van der Waals surface area contributed by atoms with Crippen molar-refractivity contribution in [1.29, 1.82) is 0 Å². The predicted molar refractivity (Wildman–Crippen MR) is 197 cm³/mol. The fourth-order valence-corrected chi connectivity index (χ4v) is 7.28. The van der Waals surface area contributed by atoms with Crippen molar-refractivity contribution < 1.29 is 27.1 Å². The van der Waals surface area contributed by atoms with Crippen molar-refractivity contribution in [1.82, 2.24) is 19.9 Å². The maximum Gasteiger partial charge on any atom is 0.410 e. The number of carbonyl (C=O) groups excluding carboxylic acids is 1. The Kier molecular flexibility index (Phi) is 10.0. The number of halogens is 2. The summed E-state index contributed by atoms with van der Waals surface area (Å²) < 4.78 is 55.1. The van der Waals surface area contributed by atoms with Crippen molar-refractivity contribution in [2.45, 2.75) is 52.2 Å². The topological polar surface area (TPSA) is 127 Å². The molecular formula is C37H38ClFN6O5S. The Balaban J connectivity index is 1.33. The van der Waals surface area contributed by atoms with Crippen LogP contribution in [0, 0.1) is 12.7 Å². The van der Waals surface area contributed by atoms with E-state index in [1.54, 1.807) is 65.8 Å². The summed E-state index contributed by atoms with van der Waals surface area (Å²) in [5, 5.41) is 4.25. The molecule has 0 spiro atoms. The first-order valence-corrected chi connectivity index (χ1v) is 18.6. The van der Waals surface area contributed by atoms with E-state index in [4.69, 9.17) is 26.1 Å². The summed E-state index contributed by atoms with van der Waals surface area (Å²) in [6.45, 7) is 8.41. The number of hydrogen-bond donors (Lipinski definition) is 1. The van der Waals surface area contributed by atoms with Gasteiger partial charge in [0.25, 0.3) is 0 Å². The van der Waals surface area contributed by atoms with Gasteiger partial charge in [-0.2, -0.15) is 0 Å². The minimum absolute atomic E-state index is 0.0867. The van der Waals surface area contributed by atoms with E-state index < -0.39 is 21.4 Å². The van der Waals surface area contributed by atoms with Gasteiger partial charge < -0.3 is 19.7 Å². The minimum atomic E-state index is -4.05. The van der Waals surface area contributed by atoms with Gasteiger partial charge in [-0.15, -0.1) is 0 Å². The van der Waals surface area contributed by atoms with Crippen molar-refractivity contribution in [3.8, 4) is 22.9 Å². The summed E-state index contributed by atoms with van der Waals surface area (Å²) in [5.41, 5.74) is 1.14. The number of rotatable bonds is 8. The number of anilines is 3. The lowest BCUT2D eigenvalue weighted by Gasteiger charge is -2.34. The van der Waals surface area contributed by atoms with Gasteiger partial charge in [-0.1, -0.05) is 35.9 Å². The Labute approximate surface area is 301 Å². The lowest BCUT2D eigenvalue weighted by Crippen LogP contribution is -2.47. The Morgan fingerprint density at radius 2 is 1.78 bits per heavy atom. The van der Waals surface area contributed by atoms with Gasteiger partial charge in [0, 0.05) is 42.3 Å². The molecule has 1 atom stereocenters. The predicted octanol–water partition coefficient (Wildman–Crippen LogP) is 8.49. The molecule has 11 nitrogen and oxygen atoms in total. The summed E-state index contributed by atoms with van der Waals surface area (Å²) in [4.78, 5) is 28.1. The fraction of sp³-hybridized carbons (Fsp3) is 0.297. The standard InChI is InChI=1S/C37H38ClFN6O5S/c1-23-14-15-25-26(16-17-29(39)32(25)45(51(5,47)48)31-13-7-6-12-28(31)38)33(23)49-34-27(11-8-19-40-34)30-18-20-41-35(43-30)42-24-10-9-21-44(22-24)36(46)50-37(2,3)4/h6-8,11-20,24H,9-10,21-22H2,1-5H3,(H,41,42,43). The van der Waals surface area contributed by atoms with Gasteiger partial charge in [0.2, 0.25) is 21.9 Å². The number of nitrogens with zero attached hydrogens (tertiary/aromatic N) is 5. The van der Waals surface area contributed by atoms with Crippen molar-refractivity contribution in [2.24, 2.45) is 0 Å². The van der Waals surface area contributed by atoms with Gasteiger partial charge in [-0.25, -0.2) is 36.9 Å². The number of ether oxygens (including phenoxy) is 2. The summed E-state index contributed by atoms with van der Waals surface area (Å²) in [6.07, 6.45) is 5.48. The number of likely N-dealkylation sites (tertiary alicyclic amines) is 1. The van der Waals surface area contributed by atoms with E-state index in [0.29, 0.717) is 52.4 Å². The number of sulfonamides is 1. The van der Waals surface area contributed by atoms with Gasteiger partial charge in [0.1, 0.15) is 22.9 Å². The molecule has 1 N–H and O–H groups in total. The average molecular weight is 733 g/mol. The highest BCUT2D eigenvalue weighted by molar-refractivity contribution is 7.92. The van der Waals surface area contributed by atoms with Crippen molar-refractivity contribution in [3.63, 3.8) is 0 Å². The average Bonchev–Trinajstić information content (AvgIpc) is 3.07. The van der Waals surface area contributed by atoms with Crippen LogP contribution in [0.5, 0.6) is 11.6 Å². The number of aromatic nitrogens is 3. The van der Waals surface area contributed by atoms with Crippen LogP contribution in [0.2, 0.25) is 5.02 Å². The molecule has 1 amide bonds.